The van der Waals surface area contributed by atoms with Crippen LogP contribution in [0.1, 0.15) is 13.3 Å². The summed E-state index contributed by atoms with van der Waals surface area (Å²) in [5, 5.41) is 2.62. The molecule has 0 aromatic heterocycles. The van der Waals surface area contributed by atoms with E-state index in [9.17, 15) is 17.6 Å². The molecule has 1 aromatic rings. The van der Waals surface area contributed by atoms with E-state index in [0.717, 1.165) is 22.7 Å². The van der Waals surface area contributed by atoms with E-state index in [1.807, 2.05) is 0 Å². The first-order chi connectivity index (χ1) is 10.3. The Morgan fingerprint density at radius 2 is 1.95 bits per heavy atom. The third-order valence-electron chi connectivity index (χ3n) is 3.02. The highest BCUT2D eigenvalue weighted by Gasteiger charge is 2.31. The van der Waals surface area contributed by atoms with Gasteiger partial charge in [-0.2, -0.15) is 0 Å². The summed E-state index contributed by atoms with van der Waals surface area (Å²) in [7, 11) is -2.19. The fourth-order valence-corrected chi connectivity index (χ4v) is 3.25. The third-order valence-corrected chi connectivity index (χ3v) is 4.20. The Morgan fingerprint density at radius 3 is 2.41 bits per heavy atom. The predicted octanol–water partition coefficient (Wildman–Crippen LogP) is 1.13. The molecule has 0 aliphatic carbocycles. The van der Waals surface area contributed by atoms with E-state index in [2.05, 4.69) is 5.32 Å². The van der Waals surface area contributed by atoms with Gasteiger partial charge < -0.3 is 10.1 Å². The highest BCUT2D eigenvalue weighted by Crippen LogP contribution is 2.22. The van der Waals surface area contributed by atoms with Crippen LogP contribution in [-0.2, 0) is 19.6 Å². The molecule has 0 aliphatic rings. The number of carbonyl (C=O) groups excluding carboxylic acids is 1. The minimum absolute atomic E-state index is 0.248. The lowest BCUT2D eigenvalue weighted by molar-refractivity contribution is -0.122. The maximum Gasteiger partial charge on any atom is 0.243 e. The summed E-state index contributed by atoms with van der Waals surface area (Å²) < 4.78 is 43.0. The SMILES string of the molecule is CCC(C(=O)NCCOC)N(c1ccc(F)cc1)S(C)(=O)=O. The summed E-state index contributed by atoms with van der Waals surface area (Å²) in [4.78, 5) is 12.2. The number of sulfonamides is 1. The smallest absolute Gasteiger partial charge is 0.243 e. The standard InChI is InChI=1S/C14H21FN2O4S/c1-4-13(14(18)16-9-10-21-2)17(22(3,19)20)12-7-5-11(15)6-8-12/h5-8,13H,4,9-10H2,1-3H3,(H,16,18). The van der Waals surface area contributed by atoms with Gasteiger partial charge in [0.1, 0.15) is 11.9 Å². The molecule has 0 fully saturated rings. The Labute approximate surface area is 130 Å². The number of carbonyl (C=O) groups is 1. The van der Waals surface area contributed by atoms with Crippen LogP contribution in [0.5, 0.6) is 0 Å². The number of ether oxygens (including phenoxy) is 1. The van der Waals surface area contributed by atoms with Crippen molar-refractivity contribution in [1.82, 2.24) is 5.32 Å². The second-order valence-corrected chi connectivity index (χ2v) is 6.60. The molecule has 0 saturated carbocycles. The number of hydrogen-bond acceptors (Lipinski definition) is 4. The maximum atomic E-state index is 13.0. The normalized spacial score (nSPS) is 12.7. The van der Waals surface area contributed by atoms with Crippen molar-refractivity contribution in [1.29, 1.82) is 0 Å². The van der Waals surface area contributed by atoms with Crippen LogP contribution in [0.3, 0.4) is 0 Å². The molecule has 0 radical (unpaired) electrons. The van der Waals surface area contributed by atoms with Crippen molar-refractivity contribution in [3.63, 3.8) is 0 Å². The van der Waals surface area contributed by atoms with Crippen molar-refractivity contribution < 1.29 is 22.3 Å². The van der Waals surface area contributed by atoms with Crippen molar-refractivity contribution in [3.8, 4) is 0 Å². The molecule has 22 heavy (non-hydrogen) atoms. The summed E-state index contributed by atoms with van der Waals surface area (Å²) in [5.74, 6) is -0.899. The van der Waals surface area contributed by atoms with Crippen LogP contribution in [0.4, 0.5) is 10.1 Å². The van der Waals surface area contributed by atoms with Gasteiger partial charge in [-0.15, -0.1) is 0 Å². The van der Waals surface area contributed by atoms with E-state index in [1.54, 1.807) is 6.92 Å². The molecule has 8 heteroatoms. The largest absolute Gasteiger partial charge is 0.383 e. The number of methoxy groups -OCH3 is 1. The summed E-state index contributed by atoms with van der Waals surface area (Å²) in [6.07, 6.45) is 1.30. The Bertz CT molecular complexity index is 589. The molecule has 0 aliphatic heterocycles. The fourth-order valence-electron chi connectivity index (χ4n) is 2.04. The van der Waals surface area contributed by atoms with Crippen LogP contribution >= 0.6 is 0 Å². The quantitative estimate of drug-likeness (QED) is 0.724. The molecular formula is C14H21FN2O4S. The molecule has 0 bridgehead atoms. The van der Waals surface area contributed by atoms with Crippen molar-refractivity contribution in [2.24, 2.45) is 0 Å². The number of rotatable bonds is 8. The van der Waals surface area contributed by atoms with Gasteiger partial charge in [-0.1, -0.05) is 6.92 Å². The second kappa shape index (κ2) is 8.09. The van der Waals surface area contributed by atoms with E-state index in [4.69, 9.17) is 4.74 Å². The average Bonchev–Trinajstić information content (AvgIpc) is 2.44. The highest BCUT2D eigenvalue weighted by molar-refractivity contribution is 7.92. The minimum Gasteiger partial charge on any atom is -0.383 e. The van der Waals surface area contributed by atoms with Gasteiger partial charge in [0.25, 0.3) is 0 Å². The van der Waals surface area contributed by atoms with E-state index in [0.29, 0.717) is 6.61 Å². The first-order valence-corrected chi connectivity index (χ1v) is 8.67. The van der Waals surface area contributed by atoms with Crippen LogP contribution in [-0.4, -0.2) is 46.9 Å². The first kappa shape index (κ1) is 18.4. The molecule has 0 heterocycles. The summed E-state index contributed by atoms with van der Waals surface area (Å²) in [6.45, 7) is 2.33. The Hall–Kier alpha value is -1.67. The van der Waals surface area contributed by atoms with E-state index >= 15 is 0 Å². The molecule has 1 unspecified atom stereocenters. The average molecular weight is 332 g/mol. The number of halogens is 1. The monoisotopic (exact) mass is 332 g/mol. The van der Waals surface area contributed by atoms with Gasteiger partial charge in [0, 0.05) is 13.7 Å². The molecule has 124 valence electrons. The maximum absolute atomic E-state index is 13.0. The summed E-state index contributed by atoms with van der Waals surface area (Å²) >= 11 is 0. The Kier molecular flexibility index (Phi) is 6.76. The molecule has 0 spiro atoms. The number of anilines is 1. The van der Waals surface area contributed by atoms with Crippen LogP contribution in [0.15, 0.2) is 24.3 Å². The number of amides is 1. The van der Waals surface area contributed by atoms with Gasteiger partial charge >= 0.3 is 0 Å². The van der Waals surface area contributed by atoms with Gasteiger partial charge in [-0.25, -0.2) is 12.8 Å². The third kappa shape index (κ3) is 4.96. The zero-order valence-corrected chi connectivity index (χ0v) is 13.7. The zero-order chi connectivity index (χ0) is 16.8. The van der Waals surface area contributed by atoms with E-state index in [-0.39, 0.29) is 18.7 Å². The summed E-state index contributed by atoms with van der Waals surface area (Å²) in [5.41, 5.74) is 0.248. The number of benzene rings is 1. The molecule has 1 rings (SSSR count). The van der Waals surface area contributed by atoms with Crippen molar-refractivity contribution >= 4 is 21.6 Å². The number of nitrogens with one attached hydrogen (secondary N) is 1. The second-order valence-electron chi connectivity index (χ2n) is 4.74. The molecule has 1 atom stereocenters. The van der Waals surface area contributed by atoms with Crippen LogP contribution in [0, 0.1) is 5.82 Å². The molecule has 0 saturated heterocycles. The van der Waals surface area contributed by atoms with Crippen molar-refractivity contribution in [2.75, 3.05) is 30.8 Å². The van der Waals surface area contributed by atoms with Gasteiger partial charge in [-0.3, -0.25) is 9.10 Å². The van der Waals surface area contributed by atoms with Gasteiger partial charge in [-0.05, 0) is 30.7 Å². The predicted molar refractivity (Wildman–Crippen MR) is 82.7 cm³/mol. The summed E-state index contributed by atoms with van der Waals surface area (Å²) in [6, 6.07) is 4.08. The lowest BCUT2D eigenvalue weighted by atomic mass is 10.2. The highest BCUT2D eigenvalue weighted by atomic mass is 32.2. The van der Waals surface area contributed by atoms with Crippen molar-refractivity contribution in [2.45, 2.75) is 19.4 Å². The van der Waals surface area contributed by atoms with Gasteiger partial charge in [0.15, 0.2) is 0 Å². The lowest BCUT2D eigenvalue weighted by Gasteiger charge is -2.30. The molecule has 1 aromatic carbocycles. The number of nitrogens with zero attached hydrogens (tertiary/aromatic N) is 1. The Balaban J connectivity index is 3.08. The van der Waals surface area contributed by atoms with Gasteiger partial charge in [0.05, 0.1) is 18.6 Å². The Morgan fingerprint density at radius 1 is 1.36 bits per heavy atom. The molecular weight excluding hydrogens is 311 g/mol. The van der Waals surface area contributed by atoms with E-state index in [1.165, 1.54) is 19.2 Å². The number of hydrogen-bond donors (Lipinski definition) is 1. The van der Waals surface area contributed by atoms with E-state index < -0.39 is 27.8 Å². The zero-order valence-electron chi connectivity index (χ0n) is 12.9. The fraction of sp³-hybridized carbons (Fsp3) is 0.500. The first-order valence-electron chi connectivity index (χ1n) is 6.82. The minimum atomic E-state index is -3.70. The molecule has 1 N–H and O–H groups in total. The van der Waals surface area contributed by atoms with Gasteiger partial charge in [0.2, 0.25) is 15.9 Å². The van der Waals surface area contributed by atoms with Crippen LogP contribution in [0.25, 0.3) is 0 Å². The molecule has 6 nitrogen and oxygen atoms in total. The van der Waals surface area contributed by atoms with Crippen LogP contribution < -0.4 is 9.62 Å². The topological polar surface area (TPSA) is 75.7 Å². The van der Waals surface area contributed by atoms with Crippen molar-refractivity contribution in [3.05, 3.63) is 30.1 Å². The lowest BCUT2D eigenvalue weighted by Crippen LogP contribution is -2.49. The van der Waals surface area contributed by atoms with Crippen LogP contribution in [0.2, 0.25) is 0 Å². The molecule has 1 amide bonds.